The van der Waals surface area contributed by atoms with Gasteiger partial charge in [-0.05, 0) is 24.3 Å². The maximum absolute atomic E-state index is 13.3. The number of carbonyl (C=O) groups excluding carboxylic acids is 4. The van der Waals surface area contributed by atoms with Gasteiger partial charge in [-0.15, -0.1) is 0 Å². The number of benzene rings is 1. The van der Waals surface area contributed by atoms with Crippen LogP contribution >= 0.6 is 0 Å². The number of anilines is 1. The van der Waals surface area contributed by atoms with Crippen molar-refractivity contribution >= 4 is 29.4 Å². The minimum absolute atomic E-state index is 0.245. The Hall–Kier alpha value is -3.21. The summed E-state index contributed by atoms with van der Waals surface area (Å²) in [4.78, 5) is 50.1. The van der Waals surface area contributed by atoms with Crippen molar-refractivity contribution < 1.29 is 46.6 Å². The van der Waals surface area contributed by atoms with Crippen molar-refractivity contribution in [2.75, 3.05) is 4.90 Å². The number of rotatable bonds is 4. The number of imide groups is 1. The SMILES string of the molecule is CC(=O)OC(OC(C)=O)C12C=CC(O1)C1C(=O)N(c3cccc(C(F)(F)F)c3)C(=O)C12. The first kappa shape index (κ1) is 21.0. The normalized spacial score (nSPS) is 29.0. The molecule has 1 aromatic carbocycles. The molecule has 0 spiro atoms. The lowest BCUT2D eigenvalue weighted by atomic mass is 9.76. The van der Waals surface area contributed by atoms with Crippen LogP contribution in [0.3, 0.4) is 0 Å². The standard InChI is InChI=1S/C20H16F3NO7/c1-9(25)29-18(30-10(2)26)19-7-6-13(31-19)14-15(19)17(28)24(16(14)27)12-5-3-4-11(8-12)20(21,22)23/h3-8,13-15,18H,1-2H3. The van der Waals surface area contributed by atoms with Crippen LogP contribution in [0.25, 0.3) is 0 Å². The highest BCUT2D eigenvalue weighted by atomic mass is 19.4. The van der Waals surface area contributed by atoms with E-state index in [0.717, 1.165) is 26.0 Å². The molecule has 2 amide bonds. The molecule has 11 heteroatoms. The predicted molar refractivity (Wildman–Crippen MR) is 95.0 cm³/mol. The van der Waals surface area contributed by atoms with Gasteiger partial charge in [0.15, 0.2) is 5.60 Å². The molecular weight excluding hydrogens is 423 g/mol. The quantitative estimate of drug-likeness (QED) is 0.306. The molecule has 2 bridgehead atoms. The van der Waals surface area contributed by atoms with Crippen LogP contribution in [-0.2, 0) is 39.6 Å². The Bertz CT molecular complexity index is 1000. The Balaban J connectivity index is 1.74. The van der Waals surface area contributed by atoms with Gasteiger partial charge in [0.1, 0.15) is 0 Å². The third kappa shape index (κ3) is 3.19. The number of amides is 2. The Morgan fingerprint density at radius 1 is 1.13 bits per heavy atom. The summed E-state index contributed by atoms with van der Waals surface area (Å²) >= 11 is 0. The van der Waals surface area contributed by atoms with Gasteiger partial charge in [-0.1, -0.05) is 12.1 Å². The third-order valence-corrected chi connectivity index (χ3v) is 5.42. The van der Waals surface area contributed by atoms with Gasteiger partial charge in [0.25, 0.3) is 6.29 Å². The average molecular weight is 439 g/mol. The van der Waals surface area contributed by atoms with Gasteiger partial charge in [-0.2, -0.15) is 13.2 Å². The zero-order valence-corrected chi connectivity index (χ0v) is 16.2. The van der Waals surface area contributed by atoms with E-state index in [4.69, 9.17) is 14.2 Å². The second kappa shape index (κ2) is 6.91. The highest BCUT2D eigenvalue weighted by Crippen LogP contribution is 2.54. The second-order valence-corrected chi connectivity index (χ2v) is 7.41. The highest BCUT2D eigenvalue weighted by molar-refractivity contribution is 6.23. The van der Waals surface area contributed by atoms with Crippen molar-refractivity contribution in [1.29, 1.82) is 0 Å². The molecule has 31 heavy (non-hydrogen) atoms. The molecule has 2 saturated heterocycles. The van der Waals surface area contributed by atoms with Gasteiger partial charge < -0.3 is 14.2 Å². The first-order valence-electron chi connectivity index (χ1n) is 9.22. The summed E-state index contributed by atoms with van der Waals surface area (Å²) < 4.78 is 55.3. The second-order valence-electron chi connectivity index (χ2n) is 7.41. The lowest BCUT2D eigenvalue weighted by Crippen LogP contribution is -2.52. The summed E-state index contributed by atoms with van der Waals surface area (Å²) in [6.45, 7) is 2.12. The van der Waals surface area contributed by atoms with Crippen molar-refractivity contribution in [3.8, 4) is 0 Å². The molecule has 0 aromatic heterocycles. The minimum atomic E-state index is -4.67. The number of halogens is 3. The van der Waals surface area contributed by atoms with Crippen molar-refractivity contribution in [2.45, 2.75) is 38.0 Å². The van der Waals surface area contributed by atoms with Gasteiger partial charge in [-0.3, -0.25) is 19.2 Å². The van der Waals surface area contributed by atoms with E-state index >= 15 is 0 Å². The van der Waals surface area contributed by atoms with Crippen molar-refractivity contribution in [1.82, 2.24) is 0 Å². The Labute approximate surface area is 173 Å². The van der Waals surface area contributed by atoms with Crippen LogP contribution in [0.4, 0.5) is 18.9 Å². The van der Waals surface area contributed by atoms with Gasteiger partial charge in [-0.25, -0.2) is 4.90 Å². The van der Waals surface area contributed by atoms with E-state index in [-0.39, 0.29) is 5.69 Å². The summed E-state index contributed by atoms with van der Waals surface area (Å²) in [6, 6.07) is 3.83. The molecule has 0 saturated carbocycles. The number of hydrogen-bond acceptors (Lipinski definition) is 7. The molecule has 164 valence electrons. The molecule has 1 aromatic rings. The molecule has 4 rings (SSSR count). The molecule has 0 aliphatic carbocycles. The molecular formula is C20H16F3NO7. The molecule has 0 radical (unpaired) electrons. The average Bonchev–Trinajstić information content (AvgIpc) is 3.31. The van der Waals surface area contributed by atoms with Crippen LogP contribution in [0, 0.1) is 11.8 Å². The Morgan fingerprint density at radius 2 is 1.77 bits per heavy atom. The topological polar surface area (TPSA) is 99.2 Å². The number of hydrogen-bond donors (Lipinski definition) is 0. The lowest BCUT2D eigenvalue weighted by Gasteiger charge is -2.34. The molecule has 3 aliphatic rings. The fraction of sp³-hybridized carbons (Fsp3) is 0.400. The van der Waals surface area contributed by atoms with Crippen molar-refractivity contribution in [2.24, 2.45) is 11.8 Å². The largest absolute Gasteiger partial charge is 0.422 e. The number of esters is 2. The number of nitrogens with zero attached hydrogens (tertiary/aromatic N) is 1. The first-order valence-corrected chi connectivity index (χ1v) is 9.22. The molecule has 0 N–H and O–H groups in total. The minimum Gasteiger partial charge on any atom is -0.422 e. The van der Waals surface area contributed by atoms with Crippen LogP contribution in [-0.4, -0.2) is 41.7 Å². The number of carbonyl (C=O) groups is 4. The smallest absolute Gasteiger partial charge is 0.416 e. The van der Waals surface area contributed by atoms with E-state index in [1.165, 1.54) is 18.2 Å². The molecule has 8 nitrogen and oxygen atoms in total. The van der Waals surface area contributed by atoms with Crippen LogP contribution in [0.15, 0.2) is 36.4 Å². The van der Waals surface area contributed by atoms with Crippen molar-refractivity contribution in [3.63, 3.8) is 0 Å². The van der Waals surface area contributed by atoms with E-state index in [0.29, 0.717) is 11.0 Å². The maximum Gasteiger partial charge on any atom is 0.416 e. The van der Waals surface area contributed by atoms with Gasteiger partial charge in [0, 0.05) is 13.8 Å². The fourth-order valence-corrected chi connectivity index (χ4v) is 4.29. The lowest BCUT2D eigenvalue weighted by molar-refractivity contribution is -0.226. The molecule has 2 fully saturated rings. The van der Waals surface area contributed by atoms with Gasteiger partial charge >= 0.3 is 18.1 Å². The van der Waals surface area contributed by atoms with E-state index in [2.05, 4.69) is 0 Å². The highest BCUT2D eigenvalue weighted by Gasteiger charge is 2.72. The van der Waals surface area contributed by atoms with E-state index < -0.39 is 65.3 Å². The van der Waals surface area contributed by atoms with Crippen LogP contribution < -0.4 is 4.90 Å². The van der Waals surface area contributed by atoms with Crippen LogP contribution in [0.1, 0.15) is 19.4 Å². The summed E-state index contributed by atoms with van der Waals surface area (Å²) in [5.41, 5.74) is -3.03. The zero-order valence-electron chi connectivity index (χ0n) is 16.2. The van der Waals surface area contributed by atoms with Gasteiger partial charge in [0.2, 0.25) is 11.8 Å². The monoisotopic (exact) mass is 439 g/mol. The summed E-state index contributed by atoms with van der Waals surface area (Å²) in [7, 11) is 0. The predicted octanol–water partition coefficient (Wildman–Crippen LogP) is 1.97. The Kier molecular flexibility index (Phi) is 4.69. The fourth-order valence-electron chi connectivity index (χ4n) is 4.29. The molecule has 3 aliphatic heterocycles. The number of fused-ring (bicyclic) bond motifs is 5. The van der Waals surface area contributed by atoms with Crippen LogP contribution in [0.5, 0.6) is 0 Å². The summed E-state index contributed by atoms with van der Waals surface area (Å²) in [5.74, 6) is -5.57. The van der Waals surface area contributed by atoms with Crippen molar-refractivity contribution in [3.05, 3.63) is 42.0 Å². The van der Waals surface area contributed by atoms with E-state index in [9.17, 15) is 32.3 Å². The number of alkyl halides is 3. The molecule has 3 heterocycles. The molecule has 4 atom stereocenters. The number of ether oxygens (including phenoxy) is 3. The molecule has 4 unspecified atom stereocenters. The van der Waals surface area contributed by atoms with Gasteiger partial charge in [0.05, 0.1) is 29.2 Å². The summed E-state index contributed by atoms with van der Waals surface area (Å²) in [6.07, 6.45) is -4.36. The maximum atomic E-state index is 13.3. The third-order valence-electron chi connectivity index (χ3n) is 5.42. The van der Waals surface area contributed by atoms with E-state index in [1.54, 1.807) is 0 Å². The zero-order chi connectivity index (χ0) is 22.7. The Morgan fingerprint density at radius 3 is 2.35 bits per heavy atom. The van der Waals surface area contributed by atoms with Crippen LogP contribution in [0.2, 0.25) is 0 Å². The van der Waals surface area contributed by atoms with E-state index in [1.807, 2.05) is 0 Å². The first-order chi connectivity index (χ1) is 14.5. The summed E-state index contributed by atoms with van der Waals surface area (Å²) in [5, 5.41) is 0.